The number of likely N-dealkylation sites (tertiary alicyclic amines) is 1. The minimum absolute atomic E-state index is 0.0672. The maximum Gasteiger partial charge on any atom is 0.0513 e. The van der Waals surface area contributed by atoms with E-state index < -0.39 is 0 Å². The molecule has 0 radical (unpaired) electrons. The standard InChI is InChI=1S/C19H23NO2S/c21-14-19-8-9-22-12-16(19)10-20(13-19)11-17-6-7-18(23-17)15-4-2-1-3-5-15/h1-7,16,21H,8-14H2/t16-,19-/m1/s1. The van der Waals surface area contributed by atoms with Crippen LogP contribution in [-0.2, 0) is 11.3 Å². The second-order valence-electron chi connectivity index (χ2n) is 6.84. The van der Waals surface area contributed by atoms with Gasteiger partial charge in [0.05, 0.1) is 13.2 Å². The van der Waals surface area contributed by atoms with Gasteiger partial charge in [-0.1, -0.05) is 30.3 Å². The zero-order valence-electron chi connectivity index (χ0n) is 13.3. The van der Waals surface area contributed by atoms with Crippen molar-refractivity contribution in [2.75, 3.05) is 32.9 Å². The fourth-order valence-electron chi connectivity index (χ4n) is 3.98. The molecule has 23 heavy (non-hydrogen) atoms. The molecule has 1 aromatic carbocycles. The lowest BCUT2D eigenvalue weighted by molar-refractivity contribution is -0.0417. The van der Waals surface area contributed by atoms with Crippen molar-refractivity contribution in [1.82, 2.24) is 4.90 Å². The third-order valence-corrected chi connectivity index (χ3v) is 6.48. The first-order valence-electron chi connectivity index (χ1n) is 8.34. The molecule has 2 aliphatic rings. The Labute approximate surface area is 141 Å². The summed E-state index contributed by atoms with van der Waals surface area (Å²) >= 11 is 1.88. The molecule has 0 amide bonds. The molecule has 4 heteroatoms. The Morgan fingerprint density at radius 1 is 1.22 bits per heavy atom. The average molecular weight is 329 g/mol. The van der Waals surface area contributed by atoms with E-state index in [1.165, 1.54) is 15.3 Å². The first-order valence-corrected chi connectivity index (χ1v) is 9.16. The van der Waals surface area contributed by atoms with E-state index in [-0.39, 0.29) is 12.0 Å². The van der Waals surface area contributed by atoms with E-state index in [4.69, 9.17) is 4.74 Å². The van der Waals surface area contributed by atoms with E-state index in [1.807, 2.05) is 11.3 Å². The molecule has 2 aliphatic heterocycles. The Morgan fingerprint density at radius 2 is 2.09 bits per heavy atom. The number of thiophene rings is 1. The van der Waals surface area contributed by atoms with Gasteiger partial charge < -0.3 is 9.84 Å². The van der Waals surface area contributed by atoms with E-state index in [1.54, 1.807) is 0 Å². The van der Waals surface area contributed by atoms with Gasteiger partial charge in [0.15, 0.2) is 0 Å². The molecule has 0 spiro atoms. The molecular weight excluding hydrogens is 306 g/mol. The Balaban J connectivity index is 1.46. The van der Waals surface area contributed by atoms with Crippen LogP contribution in [0.2, 0.25) is 0 Å². The number of ether oxygens (including phenoxy) is 1. The van der Waals surface area contributed by atoms with E-state index >= 15 is 0 Å². The van der Waals surface area contributed by atoms with Crippen molar-refractivity contribution in [2.45, 2.75) is 13.0 Å². The molecule has 2 atom stereocenters. The van der Waals surface area contributed by atoms with Crippen LogP contribution in [0.5, 0.6) is 0 Å². The van der Waals surface area contributed by atoms with Crippen LogP contribution < -0.4 is 0 Å². The molecular formula is C19H23NO2S. The molecule has 1 aromatic heterocycles. The highest BCUT2D eigenvalue weighted by Crippen LogP contribution is 2.42. The lowest BCUT2D eigenvalue weighted by Crippen LogP contribution is -2.41. The minimum atomic E-state index is 0.0672. The molecule has 122 valence electrons. The monoisotopic (exact) mass is 329 g/mol. The highest BCUT2D eigenvalue weighted by atomic mass is 32.1. The summed E-state index contributed by atoms with van der Waals surface area (Å²) in [5.41, 5.74) is 1.36. The predicted octanol–water partition coefficient (Wildman–Crippen LogP) is 3.25. The van der Waals surface area contributed by atoms with Gasteiger partial charge in [0, 0.05) is 47.3 Å². The van der Waals surface area contributed by atoms with Crippen LogP contribution >= 0.6 is 11.3 Å². The van der Waals surface area contributed by atoms with Crippen molar-refractivity contribution in [3.8, 4) is 10.4 Å². The van der Waals surface area contributed by atoms with Gasteiger partial charge in [-0.3, -0.25) is 4.90 Å². The van der Waals surface area contributed by atoms with Crippen LogP contribution in [0.4, 0.5) is 0 Å². The lowest BCUT2D eigenvalue weighted by atomic mass is 9.75. The first kappa shape index (κ1) is 15.3. The highest BCUT2D eigenvalue weighted by Gasteiger charge is 2.47. The Morgan fingerprint density at radius 3 is 2.87 bits per heavy atom. The van der Waals surface area contributed by atoms with Crippen LogP contribution in [0.15, 0.2) is 42.5 Å². The number of benzene rings is 1. The molecule has 0 unspecified atom stereocenters. The summed E-state index contributed by atoms with van der Waals surface area (Å²) in [4.78, 5) is 5.23. The SMILES string of the molecule is OC[C@]12CCOC[C@H]1CN(Cc1ccc(-c3ccccc3)s1)C2. The van der Waals surface area contributed by atoms with Gasteiger partial charge in [-0.25, -0.2) is 0 Å². The molecule has 0 bridgehead atoms. The summed E-state index contributed by atoms with van der Waals surface area (Å²) in [6.45, 7) is 4.90. The van der Waals surface area contributed by atoms with Gasteiger partial charge in [-0.15, -0.1) is 11.3 Å². The number of aliphatic hydroxyl groups is 1. The summed E-state index contributed by atoms with van der Waals surface area (Å²) in [6.07, 6.45) is 0.990. The van der Waals surface area contributed by atoms with Crippen molar-refractivity contribution in [2.24, 2.45) is 11.3 Å². The van der Waals surface area contributed by atoms with E-state index in [9.17, 15) is 5.11 Å². The Bertz CT molecular complexity index is 656. The maximum absolute atomic E-state index is 9.91. The normalized spacial score (nSPS) is 28.0. The van der Waals surface area contributed by atoms with Gasteiger partial charge in [-0.05, 0) is 24.1 Å². The third kappa shape index (κ3) is 2.96. The van der Waals surface area contributed by atoms with Gasteiger partial charge >= 0.3 is 0 Å². The number of rotatable bonds is 4. The van der Waals surface area contributed by atoms with Gasteiger partial charge in [0.2, 0.25) is 0 Å². The second kappa shape index (κ2) is 6.36. The quantitative estimate of drug-likeness (QED) is 0.935. The maximum atomic E-state index is 9.91. The smallest absolute Gasteiger partial charge is 0.0513 e. The predicted molar refractivity (Wildman–Crippen MR) is 93.5 cm³/mol. The molecule has 4 rings (SSSR count). The summed E-state index contributed by atoms with van der Waals surface area (Å²) in [6, 6.07) is 15.0. The van der Waals surface area contributed by atoms with E-state index in [2.05, 4.69) is 47.4 Å². The molecule has 3 nitrogen and oxygen atoms in total. The van der Waals surface area contributed by atoms with E-state index in [0.717, 1.165) is 39.3 Å². The van der Waals surface area contributed by atoms with Crippen LogP contribution in [0.3, 0.4) is 0 Å². The van der Waals surface area contributed by atoms with Crippen molar-refractivity contribution in [3.05, 3.63) is 47.3 Å². The van der Waals surface area contributed by atoms with Crippen LogP contribution in [0.1, 0.15) is 11.3 Å². The summed E-state index contributed by atoms with van der Waals surface area (Å²) in [5, 5.41) is 9.91. The largest absolute Gasteiger partial charge is 0.396 e. The molecule has 3 heterocycles. The molecule has 2 saturated heterocycles. The summed E-state index contributed by atoms with van der Waals surface area (Å²) < 4.78 is 5.64. The zero-order chi connectivity index (χ0) is 15.7. The first-order chi connectivity index (χ1) is 11.3. The second-order valence-corrected chi connectivity index (χ2v) is 8.01. The number of hydrogen-bond donors (Lipinski definition) is 1. The topological polar surface area (TPSA) is 32.7 Å². The highest BCUT2D eigenvalue weighted by molar-refractivity contribution is 7.15. The number of aliphatic hydroxyl groups excluding tert-OH is 1. The fourth-order valence-corrected chi connectivity index (χ4v) is 5.03. The number of fused-ring (bicyclic) bond motifs is 1. The molecule has 0 saturated carbocycles. The number of nitrogens with zero attached hydrogens (tertiary/aromatic N) is 1. The summed E-state index contributed by atoms with van der Waals surface area (Å²) in [7, 11) is 0. The molecule has 1 N–H and O–H groups in total. The lowest BCUT2D eigenvalue weighted by Gasteiger charge is -2.36. The van der Waals surface area contributed by atoms with Crippen molar-refractivity contribution in [3.63, 3.8) is 0 Å². The number of hydrogen-bond acceptors (Lipinski definition) is 4. The van der Waals surface area contributed by atoms with Crippen molar-refractivity contribution in [1.29, 1.82) is 0 Å². The third-order valence-electron chi connectivity index (χ3n) is 5.36. The van der Waals surface area contributed by atoms with Crippen LogP contribution in [0, 0.1) is 11.3 Å². The minimum Gasteiger partial charge on any atom is -0.396 e. The van der Waals surface area contributed by atoms with Gasteiger partial charge in [-0.2, -0.15) is 0 Å². The Kier molecular flexibility index (Phi) is 4.24. The van der Waals surface area contributed by atoms with Crippen molar-refractivity contribution >= 4 is 11.3 Å². The van der Waals surface area contributed by atoms with Gasteiger partial charge in [0.1, 0.15) is 0 Å². The average Bonchev–Trinajstić information content (AvgIpc) is 3.20. The molecule has 2 fully saturated rings. The fraction of sp³-hybridized carbons (Fsp3) is 0.474. The van der Waals surface area contributed by atoms with Crippen LogP contribution in [-0.4, -0.2) is 42.9 Å². The Hall–Kier alpha value is -1.20. The molecule has 0 aliphatic carbocycles. The molecule has 2 aromatic rings. The van der Waals surface area contributed by atoms with E-state index in [0.29, 0.717) is 5.92 Å². The summed E-state index contributed by atoms with van der Waals surface area (Å²) in [5.74, 6) is 0.481. The van der Waals surface area contributed by atoms with Crippen LogP contribution in [0.25, 0.3) is 10.4 Å². The van der Waals surface area contributed by atoms with Gasteiger partial charge in [0.25, 0.3) is 0 Å². The zero-order valence-corrected chi connectivity index (χ0v) is 14.1. The van der Waals surface area contributed by atoms with Crippen molar-refractivity contribution < 1.29 is 9.84 Å².